The van der Waals surface area contributed by atoms with Crippen LogP contribution in [-0.2, 0) is 10.0 Å². The third-order valence-corrected chi connectivity index (χ3v) is 4.97. The Balaban J connectivity index is 2.13. The molecular formula is C16H11ClFNO3S. The van der Waals surface area contributed by atoms with Crippen molar-refractivity contribution in [2.75, 3.05) is 4.72 Å². The molecule has 3 rings (SSSR count). The summed E-state index contributed by atoms with van der Waals surface area (Å²) in [5.41, 5.74) is 0.202. The van der Waals surface area contributed by atoms with Crippen molar-refractivity contribution in [2.24, 2.45) is 0 Å². The van der Waals surface area contributed by atoms with Gasteiger partial charge in [-0.1, -0.05) is 41.9 Å². The zero-order valence-electron chi connectivity index (χ0n) is 11.6. The largest absolute Gasteiger partial charge is 0.506 e. The third kappa shape index (κ3) is 2.95. The number of phenols is 1. The molecule has 4 nitrogen and oxygen atoms in total. The minimum absolute atomic E-state index is 0.0145. The molecule has 7 heteroatoms. The van der Waals surface area contributed by atoms with Gasteiger partial charge in [0.15, 0.2) is 0 Å². The maximum atomic E-state index is 13.3. The molecule has 0 saturated heterocycles. The molecule has 0 aliphatic carbocycles. The minimum Gasteiger partial charge on any atom is -0.506 e. The van der Waals surface area contributed by atoms with E-state index in [1.54, 1.807) is 24.3 Å². The number of hydrogen-bond donors (Lipinski definition) is 2. The average molecular weight is 352 g/mol. The molecule has 3 aromatic carbocycles. The summed E-state index contributed by atoms with van der Waals surface area (Å²) in [6, 6.07) is 12.7. The van der Waals surface area contributed by atoms with Crippen molar-refractivity contribution < 1.29 is 17.9 Å². The molecule has 0 atom stereocenters. The summed E-state index contributed by atoms with van der Waals surface area (Å²) in [7, 11) is -3.99. The number of fused-ring (bicyclic) bond motifs is 1. The number of benzene rings is 3. The van der Waals surface area contributed by atoms with Gasteiger partial charge in [-0.05, 0) is 24.3 Å². The van der Waals surface area contributed by atoms with Crippen LogP contribution in [0.25, 0.3) is 10.8 Å². The highest BCUT2D eigenvalue weighted by Gasteiger charge is 2.18. The SMILES string of the molecule is O=S(=O)(Nc1cc(Cl)c(O)c2ccccc12)c1cccc(F)c1. The second kappa shape index (κ2) is 5.72. The van der Waals surface area contributed by atoms with E-state index in [0.717, 1.165) is 12.1 Å². The van der Waals surface area contributed by atoms with E-state index in [1.165, 1.54) is 18.2 Å². The minimum atomic E-state index is -3.99. The van der Waals surface area contributed by atoms with Gasteiger partial charge in [0.1, 0.15) is 11.6 Å². The second-order valence-electron chi connectivity index (χ2n) is 4.86. The molecule has 0 heterocycles. The van der Waals surface area contributed by atoms with Gasteiger partial charge in [-0.2, -0.15) is 0 Å². The summed E-state index contributed by atoms with van der Waals surface area (Å²) in [6.45, 7) is 0. The van der Waals surface area contributed by atoms with Gasteiger partial charge in [-0.25, -0.2) is 12.8 Å². The molecule has 0 unspecified atom stereocenters. The van der Waals surface area contributed by atoms with Gasteiger partial charge in [0, 0.05) is 10.8 Å². The number of aromatic hydroxyl groups is 1. The van der Waals surface area contributed by atoms with E-state index in [2.05, 4.69) is 4.72 Å². The molecular weight excluding hydrogens is 341 g/mol. The molecule has 0 radical (unpaired) electrons. The van der Waals surface area contributed by atoms with Gasteiger partial charge in [-0.15, -0.1) is 0 Å². The molecule has 23 heavy (non-hydrogen) atoms. The molecule has 0 amide bonds. The highest BCUT2D eigenvalue weighted by Crippen LogP contribution is 2.38. The van der Waals surface area contributed by atoms with Gasteiger partial charge in [0.2, 0.25) is 0 Å². The van der Waals surface area contributed by atoms with E-state index in [0.29, 0.717) is 10.8 Å². The zero-order valence-corrected chi connectivity index (χ0v) is 13.2. The molecule has 0 aromatic heterocycles. The Morgan fingerprint density at radius 1 is 1.00 bits per heavy atom. The number of nitrogens with one attached hydrogen (secondary N) is 1. The van der Waals surface area contributed by atoms with Crippen LogP contribution in [0.4, 0.5) is 10.1 Å². The van der Waals surface area contributed by atoms with Crippen LogP contribution in [0.15, 0.2) is 59.5 Å². The number of anilines is 1. The summed E-state index contributed by atoms with van der Waals surface area (Å²) in [5, 5.41) is 10.9. The Morgan fingerprint density at radius 3 is 2.39 bits per heavy atom. The van der Waals surface area contributed by atoms with Crippen LogP contribution in [0, 0.1) is 5.82 Å². The van der Waals surface area contributed by atoms with E-state index in [-0.39, 0.29) is 21.4 Å². The maximum absolute atomic E-state index is 13.3. The Hall–Kier alpha value is -2.31. The van der Waals surface area contributed by atoms with E-state index in [9.17, 15) is 17.9 Å². The highest BCUT2D eigenvalue weighted by atomic mass is 35.5. The number of rotatable bonds is 3. The molecule has 0 aliphatic rings. The lowest BCUT2D eigenvalue weighted by atomic mass is 10.1. The fourth-order valence-corrected chi connectivity index (χ4v) is 3.56. The Labute approximate surface area is 137 Å². The number of hydrogen-bond acceptors (Lipinski definition) is 3. The smallest absolute Gasteiger partial charge is 0.262 e. The fourth-order valence-electron chi connectivity index (χ4n) is 2.25. The summed E-state index contributed by atoms with van der Waals surface area (Å²) in [4.78, 5) is -0.203. The van der Waals surface area contributed by atoms with Crippen molar-refractivity contribution in [2.45, 2.75) is 4.90 Å². The Morgan fingerprint density at radius 2 is 1.70 bits per heavy atom. The van der Waals surface area contributed by atoms with Crippen LogP contribution < -0.4 is 4.72 Å². The van der Waals surface area contributed by atoms with E-state index < -0.39 is 15.8 Å². The first-order valence-corrected chi connectivity index (χ1v) is 8.43. The van der Waals surface area contributed by atoms with Crippen LogP contribution in [0.1, 0.15) is 0 Å². The lowest BCUT2D eigenvalue weighted by molar-refractivity contribution is 0.482. The van der Waals surface area contributed by atoms with Crippen LogP contribution >= 0.6 is 11.6 Å². The monoisotopic (exact) mass is 351 g/mol. The molecule has 0 spiro atoms. The van der Waals surface area contributed by atoms with Gasteiger partial charge in [-0.3, -0.25) is 4.72 Å². The van der Waals surface area contributed by atoms with Crippen molar-refractivity contribution in [1.82, 2.24) is 0 Å². The summed E-state index contributed by atoms with van der Waals surface area (Å²) >= 11 is 5.95. The highest BCUT2D eigenvalue weighted by molar-refractivity contribution is 7.92. The van der Waals surface area contributed by atoms with Gasteiger partial charge >= 0.3 is 0 Å². The molecule has 0 saturated carbocycles. The normalized spacial score (nSPS) is 11.6. The Bertz CT molecular complexity index is 1010. The van der Waals surface area contributed by atoms with Crippen LogP contribution in [0.2, 0.25) is 5.02 Å². The lowest BCUT2D eigenvalue weighted by Crippen LogP contribution is -2.13. The molecule has 0 bridgehead atoms. The third-order valence-electron chi connectivity index (χ3n) is 3.32. The molecule has 3 aromatic rings. The van der Waals surface area contributed by atoms with Crippen molar-refractivity contribution >= 4 is 38.1 Å². The zero-order chi connectivity index (χ0) is 16.6. The number of sulfonamides is 1. The van der Waals surface area contributed by atoms with Crippen molar-refractivity contribution in [3.8, 4) is 5.75 Å². The standard InChI is InChI=1S/C16H11ClFNO3S/c17-14-9-15(12-6-1-2-7-13(12)16(14)20)19-23(21,22)11-5-3-4-10(18)8-11/h1-9,19-20H. The van der Waals surface area contributed by atoms with Gasteiger partial charge in [0.05, 0.1) is 15.6 Å². The lowest BCUT2D eigenvalue weighted by Gasteiger charge is -2.13. The summed E-state index contributed by atoms with van der Waals surface area (Å²) < 4.78 is 40.5. The van der Waals surface area contributed by atoms with Crippen molar-refractivity contribution in [3.05, 3.63) is 65.4 Å². The molecule has 2 N–H and O–H groups in total. The number of phenolic OH excluding ortho intramolecular Hbond substituents is 1. The van der Waals surface area contributed by atoms with Gasteiger partial charge < -0.3 is 5.11 Å². The quantitative estimate of drug-likeness (QED) is 0.697. The predicted molar refractivity (Wildman–Crippen MR) is 87.8 cm³/mol. The van der Waals surface area contributed by atoms with Crippen LogP contribution in [0.5, 0.6) is 5.75 Å². The topological polar surface area (TPSA) is 66.4 Å². The average Bonchev–Trinajstić information content (AvgIpc) is 2.52. The molecule has 0 aliphatic heterocycles. The van der Waals surface area contributed by atoms with Crippen molar-refractivity contribution in [3.63, 3.8) is 0 Å². The van der Waals surface area contributed by atoms with Gasteiger partial charge in [0.25, 0.3) is 10.0 Å². The first kappa shape index (κ1) is 15.6. The van der Waals surface area contributed by atoms with Crippen LogP contribution in [-0.4, -0.2) is 13.5 Å². The summed E-state index contributed by atoms with van der Waals surface area (Å²) in [5.74, 6) is -0.780. The van der Waals surface area contributed by atoms with Crippen molar-refractivity contribution in [1.29, 1.82) is 0 Å². The Kier molecular flexibility index (Phi) is 3.87. The first-order valence-electron chi connectivity index (χ1n) is 6.57. The van der Waals surface area contributed by atoms with E-state index in [1.807, 2.05) is 0 Å². The number of halogens is 2. The fraction of sp³-hybridized carbons (Fsp3) is 0. The van der Waals surface area contributed by atoms with Crippen LogP contribution in [0.3, 0.4) is 0 Å². The predicted octanol–water partition coefficient (Wildman–Crippen LogP) is 4.14. The summed E-state index contributed by atoms with van der Waals surface area (Å²) in [6.07, 6.45) is 0. The maximum Gasteiger partial charge on any atom is 0.262 e. The van der Waals surface area contributed by atoms with E-state index >= 15 is 0 Å². The first-order chi connectivity index (χ1) is 10.9. The van der Waals surface area contributed by atoms with E-state index in [4.69, 9.17) is 11.6 Å². The molecule has 118 valence electrons. The molecule has 0 fully saturated rings. The second-order valence-corrected chi connectivity index (χ2v) is 6.95.